The SMILES string of the molecule is COC(=O)CNC(=O)c1ccc(NC(=O)c2ccc(OCCC(C)C)cc2)cc1. The van der Waals surface area contributed by atoms with Gasteiger partial charge in [0, 0.05) is 16.8 Å². The largest absolute Gasteiger partial charge is 0.494 e. The minimum atomic E-state index is -0.529. The van der Waals surface area contributed by atoms with Gasteiger partial charge >= 0.3 is 5.97 Å². The summed E-state index contributed by atoms with van der Waals surface area (Å²) in [5, 5.41) is 5.22. The standard InChI is InChI=1S/C22H26N2O5/c1-15(2)12-13-29-19-10-6-17(7-11-19)22(27)24-18-8-4-16(5-9-18)21(26)23-14-20(25)28-3/h4-11,15H,12-14H2,1-3H3,(H,23,26)(H,24,27). The third-order valence-electron chi connectivity index (χ3n) is 4.11. The molecule has 0 aliphatic carbocycles. The number of ether oxygens (including phenoxy) is 2. The first-order chi connectivity index (χ1) is 13.9. The van der Waals surface area contributed by atoms with Crippen LogP contribution in [0.5, 0.6) is 5.75 Å². The molecule has 2 N–H and O–H groups in total. The lowest BCUT2D eigenvalue weighted by Crippen LogP contribution is -2.30. The molecule has 0 saturated carbocycles. The summed E-state index contributed by atoms with van der Waals surface area (Å²) in [7, 11) is 1.25. The van der Waals surface area contributed by atoms with Crippen molar-refractivity contribution in [1.29, 1.82) is 0 Å². The lowest BCUT2D eigenvalue weighted by Gasteiger charge is -2.09. The first-order valence-electron chi connectivity index (χ1n) is 9.38. The van der Waals surface area contributed by atoms with Crippen molar-refractivity contribution >= 4 is 23.5 Å². The average Bonchev–Trinajstić information content (AvgIpc) is 2.72. The van der Waals surface area contributed by atoms with Crippen LogP contribution in [0, 0.1) is 5.92 Å². The van der Waals surface area contributed by atoms with E-state index in [0.29, 0.717) is 29.3 Å². The van der Waals surface area contributed by atoms with Crippen LogP contribution in [0.1, 0.15) is 41.0 Å². The molecule has 0 aromatic heterocycles. The van der Waals surface area contributed by atoms with Crippen molar-refractivity contribution in [1.82, 2.24) is 5.32 Å². The summed E-state index contributed by atoms with van der Waals surface area (Å²) in [6.45, 7) is 4.71. The molecule has 0 aliphatic heterocycles. The first-order valence-corrected chi connectivity index (χ1v) is 9.38. The van der Waals surface area contributed by atoms with Crippen LogP contribution in [0.25, 0.3) is 0 Å². The van der Waals surface area contributed by atoms with Gasteiger partial charge in [0.2, 0.25) is 0 Å². The van der Waals surface area contributed by atoms with Gasteiger partial charge < -0.3 is 20.1 Å². The Bertz CT molecular complexity index is 829. The number of hydrogen-bond acceptors (Lipinski definition) is 5. The van der Waals surface area contributed by atoms with E-state index in [9.17, 15) is 14.4 Å². The summed E-state index contributed by atoms with van der Waals surface area (Å²) in [4.78, 5) is 35.4. The second kappa shape index (κ2) is 10.8. The lowest BCUT2D eigenvalue weighted by atomic mass is 10.1. The molecule has 0 aliphatic rings. The topological polar surface area (TPSA) is 93.7 Å². The summed E-state index contributed by atoms with van der Waals surface area (Å²) in [6.07, 6.45) is 0.971. The number of benzene rings is 2. The van der Waals surface area contributed by atoms with Gasteiger partial charge in [0.1, 0.15) is 12.3 Å². The Morgan fingerprint density at radius 2 is 1.48 bits per heavy atom. The second-order valence-corrected chi connectivity index (χ2v) is 6.85. The highest BCUT2D eigenvalue weighted by molar-refractivity contribution is 6.04. The van der Waals surface area contributed by atoms with Gasteiger partial charge in [-0.1, -0.05) is 13.8 Å². The Morgan fingerprint density at radius 1 is 0.897 bits per heavy atom. The molecule has 0 saturated heterocycles. The zero-order chi connectivity index (χ0) is 21.2. The summed E-state index contributed by atoms with van der Waals surface area (Å²) in [5.74, 6) is 0.108. The zero-order valence-electron chi connectivity index (χ0n) is 16.9. The molecule has 0 heterocycles. The second-order valence-electron chi connectivity index (χ2n) is 6.85. The predicted octanol–water partition coefficient (Wildman–Crippen LogP) is 3.27. The number of hydrogen-bond donors (Lipinski definition) is 2. The van der Waals surface area contributed by atoms with Crippen LogP contribution in [-0.2, 0) is 9.53 Å². The molecule has 0 unspecified atom stereocenters. The van der Waals surface area contributed by atoms with Gasteiger partial charge in [-0.05, 0) is 60.9 Å². The van der Waals surface area contributed by atoms with Crippen LogP contribution in [0.4, 0.5) is 5.69 Å². The number of rotatable bonds is 9. The van der Waals surface area contributed by atoms with Crippen molar-refractivity contribution in [3.05, 3.63) is 59.7 Å². The smallest absolute Gasteiger partial charge is 0.325 e. The zero-order valence-corrected chi connectivity index (χ0v) is 16.9. The van der Waals surface area contributed by atoms with E-state index in [-0.39, 0.29) is 12.5 Å². The van der Waals surface area contributed by atoms with Gasteiger partial charge in [-0.2, -0.15) is 0 Å². The molecule has 0 bridgehead atoms. The van der Waals surface area contributed by atoms with E-state index in [1.807, 2.05) is 0 Å². The van der Waals surface area contributed by atoms with Gasteiger partial charge in [0.25, 0.3) is 11.8 Å². The van der Waals surface area contributed by atoms with E-state index < -0.39 is 11.9 Å². The number of methoxy groups -OCH3 is 1. The first kappa shape index (κ1) is 21.9. The molecule has 0 radical (unpaired) electrons. The van der Waals surface area contributed by atoms with E-state index in [1.165, 1.54) is 7.11 Å². The highest BCUT2D eigenvalue weighted by Gasteiger charge is 2.10. The highest BCUT2D eigenvalue weighted by atomic mass is 16.5. The van der Waals surface area contributed by atoms with E-state index in [1.54, 1.807) is 48.5 Å². The minimum Gasteiger partial charge on any atom is -0.494 e. The molecule has 0 fully saturated rings. The summed E-state index contributed by atoms with van der Waals surface area (Å²) in [5.41, 5.74) is 1.42. The third kappa shape index (κ3) is 7.29. The molecular weight excluding hydrogens is 372 g/mol. The summed E-state index contributed by atoms with van der Waals surface area (Å²) < 4.78 is 10.1. The molecule has 2 amide bonds. The fraction of sp³-hybridized carbons (Fsp3) is 0.318. The van der Waals surface area contributed by atoms with Crippen molar-refractivity contribution in [3.63, 3.8) is 0 Å². The van der Waals surface area contributed by atoms with E-state index in [0.717, 1.165) is 12.2 Å². The Hall–Kier alpha value is -3.35. The molecule has 2 aromatic carbocycles. The average molecular weight is 398 g/mol. The number of esters is 1. The third-order valence-corrected chi connectivity index (χ3v) is 4.11. The Morgan fingerprint density at radius 3 is 2.07 bits per heavy atom. The van der Waals surface area contributed by atoms with Crippen LogP contribution >= 0.6 is 0 Å². The van der Waals surface area contributed by atoms with Crippen LogP contribution in [0.3, 0.4) is 0 Å². The van der Waals surface area contributed by atoms with Crippen LogP contribution in [0.2, 0.25) is 0 Å². The maximum atomic E-state index is 12.4. The van der Waals surface area contributed by atoms with E-state index >= 15 is 0 Å². The normalized spacial score (nSPS) is 10.3. The van der Waals surface area contributed by atoms with Crippen molar-refractivity contribution in [2.24, 2.45) is 5.92 Å². The van der Waals surface area contributed by atoms with Crippen molar-refractivity contribution in [2.45, 2.75) is 20.3 Å². The monoisotopic (exact) mass is 398 g/mol. The maximum Gasteiger partial charge on any atom is 0.325 e. The Kier molecular flexibility index (Phi) is 8.21. The van der Waals surface area contributed by atoms with Crippen LogP contribution in [0.15, 0.2) is 48.5 Å². The number of anilines is 1. The number of carbonyl (C=O) groups excluding carboxylic acids is 3. The molecule has 0 atom stereocenters. The number of carbonyl (C=O) groups is 3. The summed E-state index contributed by atoms with van der Waals surface area (Å²) in [6, 6.07) is 13.3. The quantitative estimate of drug-likeness (QED) is 0.633. The van der Waals surface area contributed by atoms with E-state index in [2.05, 4.69) is 29.2 Å². The Labute approximate surface area is 170 Å². The van der Waals surface area contributed by atoms with Gasteiger partial charge in [-0.3, -0.25) is 14.4 Å². The van der Waals surface area contributed by atoms with Gasteiger partial charge in [0.05, 0.1) is 13.7 Å². The minimum absolute atomic E-state index is 0.203. The van der Waals surface area contributed by atoms with E-state index in [4.69, 9.17) is 4.74 Å². The maximum absolute atomic E-state index is 12.4. The molecular formula is C22H26N2O5. The molecule has 2 rings (SSSR count). The number of nitrogens with one attached hydrogen (secondary N) is 2. The lowest BCUT2D eigenvalue weighted by molar-refractivity contribution is -0.139. The number of amides is 2. The van der Waals surface area contributed by atoms with Crippen molar-refractivity contribution in [2.75, 3.05) is 25.6 Å². The molecule has 7 nitrogen and oxygen atoms in total. The van der Waals surface area contributed by atoms with Crippen LogP contribution < -0.4 is 15.4 Å². The molecule has 154 valence electrons. The predicted molar refractivity (Wildman–Crippen MR) is 110 cm³/mol. The van der Waals surface area contributed by atoms with Crippen molar-refractivity contribution < 1.29 is 23.9 Å². The van der Waals surface area contributed by atoms with Gasteiger partial charge in [-0.25, -0.2) is 0 Å². The molecule has 2 aromatic rings. The van der Waals surface area contributed by atoms with Gasteiger partial charge in [0.15, 0.2) is 0 Å². The van der Waals surface area contributed by atoms with Crippen LogP contribution in [-0.4, -0.2) is 38.0 Å². The molecule has 0 spiro atoms. The van der Waals surface area contributed by atoms with Gasteiger partial charge in [-0.15, -0.1) is 0 Å². The summed E-state index contributed by atoms with van der Waals surface area (Å²) >= 11 is 0. The van der Waals surface area contributed by atoms with Crippen molar-refractivity contribution in [3.8, 4) is 5.75 Å². The fourth-order valence-corrected chi connectivity index (χ4v) is 2.35. The Balaban J connectivity index is 1.88. The fourth-order valence-electron chi connectivity index (χ4n) is 2.35. The highest BCUT2D eigenvalue weighted by Crippen LogP contribution is 2.16. The molecule has 7 heteroatoms. The molecule has 29 heavy (non-hydrogen) atoms.